The smallest absolute Gasteiger partial charge is 0.353 e. The van der Waals surface area contributed by atoms with Gasteiger partial charge >= 0.3 is 5.24 Å². The molecule has 0 radical (unpaired) electrons. The first-order chi connectivity index (χ1) is 14.6. The molecule has 3 heterocycles. The Hall–Kier alpha value is -2.71. The number of hydrogen-bond donors (Lipinski definition) is 0. The third-order valence-electron chi connectivity index (χ3n) is 6.58. The second-order valence-electron chi connectivity index (χ2n) is 7.96. The van der Waals surface area contributed by atoms with Gasteiger partial charge in [-0.05, 0) is 36.4 Å². The number of methoxy groups -OCH3 is 2. The van der Waals surface area contributed by atoms with Crippen LogP contribution < -0.4 is 18.9 Å². The van der Waals surface area contributed by atoms with Gasteiger partial charge in [0.1, 0.15) is 0 Å². The zero-order chi connectivity index (χ0) is 20.6. The van der Waals surface area contributed by atoms with E-state index in [4.69, 9.17) is 40.6 Å². The number of likely N-dealkylation sites (N-methyl/N-ethyl adjacent to an activating group) is 1. The molecular weight excluding hydrogens is 406 g/mol. The fraction of sp³-hybridized carbons (Fsp3) is 0.409. The molecule has 30 heavy (non-hydrogen) atoms. The molecule has 1 saturated heterocycles. The number of thiocarbonyl (C=S) groups is 1. The summed E-state index contributed by atoms with van der Waals surface area (Å²) in [5.74, 6) is 2.99. The van der Waals surface area contributed by atoms with Crippen LogP contribution in [0, 0.1) is 0 Å². The minimum Gasteiger partial charge on any atom is -0.493 e. The Morgan fingerprint density at radius 2 is 1.77 bits per heavy atom. The quantitative estimate of drug-likeness (QED) is 0.676. The van der Waals surface area contributed by atoms with Crippen molar-refractivity contribution in [2.75, 3.05) is 28.1 Å². The van der Waals surface area contributed by atoms with E-state index in [0.29, 0.717) is 6.54 Å². The second kappa shape index (κ2) is 6.39. The third kappa shape index (κ3) is 2.31. The van der Waals surface area contributed by atoms with Crippen molar-refractivity contribution in [3.8, 4) is 23.0 Å². The van der Waals surface area contributed by atoms with Crippen molar-refractivity contribution in [2.24, 2.45) is 0 Å². The normalized spacial score (nSPS) is 27.9. The van der Waals surface area contributed by atoms with Gasteiger partial charge in [0.2, 0.25) is 6.79 Å². The van der Waals surface area contributed by atoms with Gasteiger partial charge in [-0.1, -0.05) is 6.07 Å². The Balaban J connectivity index is 1.58. The van der Waals surface area contributed by atoms with Crippen LogP contribution in [0.25, 0.3) is 0 Å². The number of rotatable bonds is 2. The van der Waals surface area contributed by atoms with Crippen LogP contribution in [0.15, 0.2) is 24.3 Å². The molecule has 0 bridgehead atoms. The predicted octanol–water partition coefficient (Wildman–Crippen LogP) is 3.46. The molecule has 0 aromatic heterocycles. The first-order valence-electron chi connectivity index (χ1n) is 9.85. The molecule has 0 unspecified atom stereocenters. The lowest BCUT2D eigenvalue weighted by Crippen LogP contribution is -2.44. The maximum absolute atomic E-state index is 6.08. The molecule has 3 aliphatic heterocycles. The molecule has 4 aliphatic rings. The predicted molar refractivity (Wildman–Crippen MR) is 110 cm³/mol. The maximum atomic E-state index is 6.08. The Morgan fingerprint density at radius 3 is 2.50 bits per heavy atom. The third-order valence-corrected chi connectivity index (χ3v) is 6.77. The van der Waals surface area contributed by atoms with Gasteiger partial charge < -0.3 is 28.4 Å². The van der Waals surface area contributed by atoms with Crippen LogP contribution >= 0.6 is 12.2 Å². The largest absolute Gasteiger partial charge is 0.493 e. The topological polar surface area (TPSA) is 58.6 Å². The van der Waals surface area contributed by atoms with Crippen LogP contribution in [0.1, 0.15) is 40.3 Å². The maximum Gasteiger partial charge on any atom is 0.353 e. The first-order valence-corrected chi connectivity index (χ1v) is 10.3. The van der Waals surface area contributed by atoms with E-state index in [1.165, 1.54) is 5.56 Å². The van der Waals surface area contributed by atoms with Crippen LogP contribution in [0.4, 0.5) is 0 Å². The minimum atomic E-state index is -0.296. The highest BCUT2D eigenvalue weighted by Crippen LogP contribution is 2.58. The van der Waals surface area contributed by atoms with E-state index in [1.54, 1.807) is 14.2 Å². The Labute approximate surface area is 179 Å². The Kier molecular flexibility index (Phi) is 3.85. The summed E-state index contributed by atoms with van der Waals surface area (Å²) in [6.45, 7) is 0.944. The summed E-state index contributed by atoms with van der Waals surface area (Å²) in [7, 11) is 5.44. The highest BCUT2D eigenvalue weighted by atomic mass is 32.1. The van der Waals surface area contributed by atoms with E-state index in [-0.39, 0.29) is 36.2 Å². The SMILES string of the molecule is COc1ccc2c(c1OC)CN(C)[C@@H]1c3cc4c(cc3[C@@H]3OC(=S)O[C@@H]3[C@H]21)OCO4. The van der Waals surface area contributed by atoms with Gasteiger partial charge in [0.25, 0.3) is 0 Å². The average Bonchev–Trinajstić information content (AvgIpc) is 3.36. The summed E-state index contributed by atoms with van der Waals surface area (Å²) in [4.78, 5) is 2.32. The molecule has 0 spiro atoms. The number of hydrogen-bond acceptors (Lipinski definition) is 8. The number of ether oxygens (including phenoxy) is 6. The van der Waals surface area contributed by atoms with Gasteiger partial charge in [-0.3, -0.25) is 4.90 Å². The molecule has 0 amide bonds. The highest BCUT2D eigenvalue weighted by molar-refractivity contribution is 7.79. The molecule has 2 aromatic rings. The van der Waals surface area contributed by atoms with Crippen molar-refractivity contribution in [1.82, 2.24) is 4.90 Å². The summed E-state index contributed by atoms with van der Waals surface area (Å²) in [5.41, 5.74) is 4.47. The van der Waals surface area contributed by atoms with Crippen LogP contribution in [-0.2, 0) is 16.0 Å². The number of nitrogens with zero attached hydrogens (tertiary/aromatic N) is 1. The lowest BCUT2D eigenvalue weighted by Gasteiger charge is -2.47. The molecule has 1 fully saturated rings. The van der Waals surface area contributed by atoms with E-state index >= 15 is 0 Å². The molecule has 0 N–H and O–H groups in total. The van der Waals surface area contributed by atoms with Crippen LogP contribution in [0.3, 0.4) is 0 Å². The minimum absolute atomic E-state index is 0.0110. The Bertz CT molecular complexity index is 1070. The lowest BCUT2D eigenvalue weighted by atomic mass is 9.69. The van der Waals surface area contributed by atoms with E-state index in [2.05, 4.69) is 24.1 Å². The summed E-state index contributed by atoms with van der Waals surface area (Å²) < 4.78 is 34.6. The molecule has 4 atom stereocenters. The standard InChI is InChI=1S/C22H21NO6S/c1-23-8-13-10(4-5-14(24-2)19(13)25-3)17-18(23)11-6-15-16(27-9-26-15)7-12(11)20-21(17)29-22(30)28-20/h4-7,17-18,20-21H,8-9H2,1-3H3/t17-,18-,20+,21-/m1/s1. The summed E-state index contributed by atoms with van der Waals surface area (Å²) in [5, 5.41) is 0.185. The summed E-state index contributed by atoms with van der Waals surface area (Å²) >= 11 is 5.31. The van der Waals surface area contributed by atoms with Gasteiger partial charge in [-0.2, -0.15) is 0 Å². The van der Waals surface area contributed by atoms with Crippen LogP contribution in [0.2, 0.25) is 0 Å². The number of benzene rings is 2. The fourth-order valence-electron chi connectivity index (χ4n) is 5.41. The van der Waals surface area contributed by atoms with Crippen molar-refractivity contribution in [1.29, 1.82) is 0 Å². The van der Waals surface area contributed by atoms with Gasteiger partial charge in [0, 0.05) is 41.8 Å². The molecule has 0 saturated carbocycles. The van der Waals surface area contributed by atoms with Crippen molar-refractivity contribution in [3.05, 3.63) is 46.5 Å². The van der Waals surface area contributed by atoms with Gasteiger partial charge in [-0.15, -0.1) is 0 Å². The monoisotopic (exact) mass is 427 g/mol. The van der Waals surface area contributed by atoms with E-state index in [1.807, 2.05) is 12.1 Å². The van der Waals surface area contributed by atoms with Gasteiger partial charge in [0.05, 0.1) is 14.2 Å². The molecule has 156 valence electrons. The van der Waals surface area contributed by atoms with Crippen LogP contribution in [-0.4, -0.2) is 44.3 Å². The highest BCUT2D eigenvalue weighted by Gasteiger charge is 2.54. The molecule has 6 rings (SSSR count). The fourth-order valence-corrected chi connectivity index (χ4v) is 5.63. The van der Waals surface area contributed by atoms with E-state index < -0.39 is 0 Å². The Morgan fingerprint density at radius 1 is 1.00 bits per heavy atom. The average molecular weight is 427 g/mol. The molecule has 7 nitrogen and oxygen atoms in total. The zero-order valence-electron chi connectivity index (χ0n) is 16.8. The molecule has 8 heteroatoms. The van der Waals surface area contributed by atoms with Crippen molar-refractivity contribution in [2.45, 2.75) is 30.7 Å². The summed E-state index contributed by atoms with van der Waals surface area (Å²) in [6.07, 6.45) is -0.536. The van der Waals surface area contributed by atoms with Crippen LogP contribution in [0.5, 0.6) is 23.0 Å². The van der Waals surface area contributed by atoms with E-state index in [0.717, 1.165) is 39.7 Å². The van der Waals surface area contributed by atoms with Gasteiger partial charge in [0.15, 0.2) is 35.2 Å². The lowest BCUT2D eigenvalue weighted by molar-refractivity contribution is 0.0484. The van der Waals surface area contributed by atoms with E-state index in [9.17, 15) is 0 Å². The number of fused-ring (bicyclic) bond motifs is 9. The molecule has 2 aromatic carbocycles. The summed E-state index contributed by atoms with van der Waals surface area (Å²) in [6, 6.07) is 8.24. The van der Waals surface area contributed by atoms with Crippen molar-refractivity contribution in [3.63, 3.8) is 0 Å². The zero-order valence-corrected chi connectivity index (χ0v) is 17.7. The molecular formula is C22H21NO6S. The van der Waals surface area contributed by atoms with Crippen molar-refractivity contribution < 1.29 is 28.4 Å². The van der Waals surface area contributed by atoms with Gasteiger partial charge in [-0.25, -0.2) is 0 Å². The van der Waals surface area contributed by atoms with Crippen molar-refractivity contribution >= 4 is 17.5 Å². The molecule has 1 aliphatic carbocycles. The first kappa shape index (κ1) is 18.1. The second-order valence-corrected chi connectivity index (χ2v) is 8.29.